The molecule has 0 aliphatic heterocycles. The van der Waals surface area contributed by atoms with E-state index in [2.05, 4.69) is 41.7 Å². The van der Waals surface area contributed by atoms with Crippen molar-refractivity contribution in [2.24, 2.45) is 0 Å². The van der Waals surface area contributed by atoms with Gasteiger partial charge >= 0.3 is 0 Å². The number of halogens is 1. The number of nitrogens with zero attached hydrogens (tertiary/aromatic N) is 2. The molecule has 0 bridgehead atoms. The molecule has 0 saturated carbocycles. The second-order valence-corrected chi connectivity index (χ2v) is 7.15. The van der Waals surface area contributed by atoms with Gasteiger partial charge in [-0.2, -0.15) is 5.10 Å². The number of carbonyl (C=O) groups is 2. The summed E-state index contributed by atoms with van der Waals surface area (Å²) >= 11 is 3.33. The van der Waals surface area contributed by atoms with Crippen LogP contribution in [0.2, 0.25) is 0 Å². The molecule has 144 valence electrons. The highest BCUT2D eigenvalue weighted by atomic mass is 79.9. The van der Waals surface area contributed by atoms with Gasteiger partial charge in [0.2, 0.25) is 11.8 Å². The molecule has 7 nitrogen and oxygen atoms in total. The summed E-state index contributed by atoms with van der Waals surface area (Å²) in [5.41, 5.74) is 2.44. The summed E-state index contributed by atoms with van der Waals surface area (Å²) in [5, 5.41) is 12.6. The Labute approximate surface area is 171 Å². The molecule has 2 aromatic heterocycles. The van der Waals surface area contributed by atoms with Gasteiger partial charge in [-0.05, 0) is 34.0 Å². The van der Waals surface area contributed by atoms with Crippen LogP contribution in [0.1, 0.15) is 18.9 Å². The first-order valence-electron chi connectivity index (χ1n) is 8.85. The van der Waals surface area contributed by atoms with E-state index in [9.17, 15) is 9.59 Å². The van der Waals surface area contributed by atoms with Gasteiger partial charge in [0.15, 0.2) is 0 Å². The number of benzene rings is 1. The quantitative estimate of drug-likeness (QED) is 0.523. The monoisotopic (exact) mass is 441 g/mol. The zero-order chi connectivity index (χ0) is 19.9. The lowest BCUT2D eigenvalue weighted by atomic mass is 10.1. The molecule has 3 rings (SSSR count). The molecule has 3 N–H and O–H groups in total. The van der Waals surface area contributed by atoms with E-state index >= 15 is 0 Å². The molecule has 0 saturated heterocycles. The molecule has 0 spiro atoms. The maximum absolute atomic E-state index is 12.5. The van der Waals surface area contributed by atoms with Crippen LogP contribution in [0.5, 0.6) is 0 Å². The van der Waals surface area contributed by atoms with Crippen molar-refractivity contribution in [2.75, 3.05) is 5.32 Å². The van der Waals surface area contributed by atoms with Crippen molar-refractivity contribution >= 4 is 33.6 Å². The molecule has 28 heavy (non-hydrogen) atoms. The van der Waals surface area contributed by atoms with Gasteiger partial charge in [0.25, 0.3) is 0 Å². The SMILES string of the molecule is CCC(NC(=O)Cc1cncc(Br)c1)C(=O)Nc1cc(-c2ccccc2)n[nH]1. The first-order valence-corrected chi connectivity index (χ1v) is 9.65. The Morgan fingerprint density at radius 1 is 1.18 bits per heavy atom. The molecule has 2 heterocycles. The fraction of sp³-hybridized carbons (Fsp3) is 0.200. The number of aromatic amines is 1. The molecular formula is C20H20BrN5O2. The summed E-state index contributed by atoms with van der Waals surface area (Å²) < 4.78 is 0.802. The second-order valence-electron chi connectivity index (χ2n) is 6.24. The molecule has 2 amide bonds. The lowest BCUT2D eigenvalue weighted by Gasteiger charge is -2.16. The number of hydrogen-bond donors (Lipinski definition) is 3. The van der Waals surface area contributed by atoms with E-state index in [4.69, 9.17) is 0 Å². The molecule has 1 aromatic carbocycles. The van der Waals surface area contributed by atoms with Crippen LogP contribution < -0.4 is 10.6 Å². The number of carbonyl (C=O) groups excluding carboxylic acids is 2. The number of anilines is 1. The van der Waals surface area contributed by atoms with Crippen molar-refractivity contribution in [1.29, 1.82) is 0 Å². The van der Waals surface area contributed by atoms with Crippen LogP contribution in [0.15, 0.2) is 59.3 Å². The first kappa shape index (κ1) is 19.8. The van der Waals surface area contributed by atoms with E-state index in [1.807, 2.05) is 43.3 Å². The van der Waals surface area contributed by atoms with E-state index in [1.54, 1.807) is 18.5 Å². The number of H-pyrrole nitrogens is 1. The van der Waals surface area contributed by atoms with Gasteiger partial charge in [0, 0.05) is 28.5 Å². The molecule has 0 aliphatic carbocycles. The third kappa shape index (κ3) is 5.26. The lowest BCUT2D eigenvalue weighted by Crippen LogP contribution is -2.44. The Morgan fingerprint density at radius 2 is 1.96 bits per heavy atom. The minimum atomic E-state index is -0.643. The van der Waals surface area contributed by atoms with Crippen molar-refractivity contribution in [3.63, 3.8) is 0 Å². The summed E-state index contributed by atoms with van der Waals surface area (Å²) in [6.45, 7) is 1.84. The van der Waals surface area contributed by atoms with Crippen LogP contribution in [0.3, 0.4) is 0 Å². The third-order valence-electron chi connectivity index (χ3n) is 4.09. The highest BCUT2D eigenvalue weighted by molar-refractivity contribution is 9.10. The molecule has 8 heteroatoms. The number of amides is 2. The predicted octanol–water partition coefficient (Wildman–Crippen LogP) is 3.31. The average Bonchev–Trinajstić information content (AvgIpc) is 3.15. The van der Waals surface area contributed by atoms with E-state index in [1.165, 1.54) is 0 Å². The van der Waals surface area contributed by atoms with Crippen molar-refractivity contribution in [3.8, 4) is 11.3 Å². The first-order chi connectivity index (χ1) is 13.5. The third-order valence-corrected chi connectivity index (χ3v) is 4.53. The predicted molar refractivity (Wildman–Crippen MR) is 111 cm³/mol. The number of rotatable bonds is 7. The Morgan fingerprint density at radius 3 is 2.68 bits per heavy atom. The molecule has 0 aliphatic rings. The van der Waals surface area contributed by atoms with Gasteiger partial charge in [0.05, 0.1) is 12.1 Å². The normalized spacial score (nSPS) is 11.6. The van der Waals surface area contributed by atoms with Crippen LogP contribution in [0.4, 0.5) is 5.82 Å². The molecule has 0 fully saturated rings. The van der Waals surface area contributed by atoms with Gasteiger partial charge in [-0.1, -0.05) is 37.3 Å². The van der Waals surface area contributed by atoms with E-state index in [0.29, 0.717) is 12.2 Å². The average molecular weight is 442 g/mol. The zero-order valence-corrected chi connectivity index (χ0v) is 16.9. The van der Waals surface area contributed by atoms with Gasteiger partial charge in [-0.3, -0.25) is 19.7 Å². The molecule has 1 atom stereocenters. The molecular weight excluding hydrogens is 422 g/mol. The van der Waals surface area contributed by atoms with E-state index < -0.39 is 6.04 Å². The molecule has 3 aromatic rings. The van der Waals surface area contributed by atoms with Gasteiger partial charge in [-0.25, -0.2) is 0 Å². The maximum Gasteiger partial charge on any atom is 0.248 e. The van der Waals surface area contributed by atoms with Crippen LogP contribution in [-0.2, 0) is 16.0 Å². The number of nitrogens with one attached hydrogen (secondary N) is 3. The van der Waals surface area contributed by atoms with Crippen LogP contribution in [0, 0.1) is 0 Å². The summed E-state index contributed by atoms with van der Waals surface area (Å²) in [6.07, 6.45) is 3.89. The summed E-state index contributed by atoms with van der Waals surface area (Å²) in [6, 6.07) is 12.6. The maximum atomic E-state index is 12.5. The Kier molecular flexibility index (Phi) is 6.54. The van der Waals surface area contributed by atoms with Crippen molar-refractivity contribution in [3.05, 3.63) is 64.9 Å². The highest BCUT2D eigenvalue weighted by Gasteiger charge is 2.20. The van der Waals surface area contributed by atoms with E-state index in [0.717, 1.165) is 21.3 Å². The van der Waals surface area contributed by atoms with Crippen LogP contribution in [-0.4, -0.2) is 33.0 Å². The number of pyridine rings is 1. The minimum absolute atomic E-state index is 0.151. The minimum Gasteiger partial charge on any atom is -0.344 e. The summed E-state index contributed by atoms with van der Waals surface area (Å²) in [4.78, 5) is 28.9. The zero-order valence-electron chi connectivity index (χ0n) is 15.3. The van der Waals surface area contributed by atoms with Crippen LogP contribution in [0.25, 0.3) is 11.3 Å². The van der Waals surface area contributed by atoms with Crippen molar-refractivity contribution in [1.82, 2.24) is 20.5 Å². The van der Waals surface area contributed by atoms with Crippen LogP contribution >= 0.6 is 15.9 Å². The summed E-state index contributed by atoms with van der Waals surface area (Å²) in [7, 11) is 0. The van der Waals surface area contributed by atoms with Gasteiger partial charge in [0.1, 0.15) is 11.9 Å². The smallest absolute Gasteiger partial charge is 0.248 e. The van der Waals surface area contributed by atoms with Gasteiger partial charge < -0.3 is 10.6 Å². The lowest BCUT2D eigenvalue weighted by molar-refractivity contribution is -0.126. The topological polar surface area (TPSA) is 99.8 Å². The number of aromatic nitrogens is 3. The molecule has 0 radical (unpaired) electrons. The van der Waals surface area contributed by atoms with Crippen molar-refractivity contribution in [2.45, 2.75) is 25.8 Å². The summed E-state index contributed by atoms with van der Waals surface area (Å²) in [5.74, 6) is -0.0595. The standard InChI is InChI=1S/C20H20BrN5O2/c1-2-16(23-19(27)9-13-8-15(21)12-22-11-13)20(28)24-18-10-17(25-26-18)14-6-4-3-5-7-14/h3-8,10-12,16H,2,9H2,1H3,(H,23,27)(H2,24,25,26,28). The second kappa shape index (κ2) is 9.27. The Bertz CT molecular complexity index is 958. The Balaban J connectivity index is 1.59. The van der Waals surface area contributed by atoms with Gasteiger partial charge in [-0.15, -0.1) is 0 Å². The molecule has 1 unspecified atom stereocenters. The van der Waals surface area contributed by atoms with E-state index in [-0.39, 0.29) is 18.2 Å². The fourth-order valence-electron chi connectivity index (χ4n) is 2.70. The largest absolute Gasteiger partial charge is 0.344 e. The van der Waals surface area contributed by atoms with Crippen molar-refractivity contribution < 1.29 is 9.59 Å². The fourth-order valence-corrected chi connectivity index (χ4v) is 3.11. The number of hydrogen-bond acceptors (Lipinski definition) is 4. The Hall–Kier alpha value is -3.00. The highest BCUT2D eigenvalue weighted by Crippen LogP contribution is 2.19.